The summed E-state index contributed by atoms with van der Waals surface area (Å²) < 4.78 is 52.8. The quantitative estimate of drug-likeness (QED) is 0.547. The lowest BCUT2D eigenvalue weighted by Crippen LogP contribution is -2.25. The summed E-state index contributed by atoms with van der Waals surface area (Å²) in [4.78, 5) is 35.6. The van der Waals surface area contributed by atoms with Gasteiger partial charge in [0.25, 0.3) is 17.4 Å². The molecule has 1 aliphatic rings. The number of benzene rings is 1. The molecule has 2 aromatic rings. The topological polar surface area (TPSA) is 94.2 Å². The molecule has 0 radical (unpaired) electrons. The van der Waals surface area contributed by atoms with E-state index in [1.807, 2.05) is 5.32 Å². The highest BCUT2D eigenvalue weighted by Crippen LogP contribution is 2.36. The highest BCUT2D eigenvalue weighted by Gasteiger charge is 2.36. The summed E-state index contributed by atoms with van der Waals surface area (Å²) >= 11 is 2.87. The number of nitrogens with two attached hydrogens (primary N) is 1. The summed E-state index contributed by atoms with van der Waals surface area (Å²) in [5.41, 5.74) is 2.13. The molecule has 2 amide bonds. The molecule has 25 heavy (non-hydrogen) atoms. The molecule has 0 spiro atoms. The molecule has 0 aliphatic carbocycles. The number of carbonyl (C=O) groups excluding carboxylic acids is 2. The van der Waals surface area contributed by atoms with Gasteiger partial charge in [0, 0.05) is 10.5 Å². The van der Waals surface area contributed by atoms with Gasteiger partial charge in [0.15, 0.2) is 0 Å². The van der Waals surface area contributed by atoms with Crippen LogP contribution in [0.25, 0.3) is 5.69 Å². The molecular formula is C14H6BrF4N3O3. The molecule has 3 rings (SSSR count). The van der Waals surface area contributed by atoms with Gasteiger partial charge < -0.3 is 5.73 Å². The molecule has 1 aromatic carbocycles. The SMILES string of the molecule is Nc1c2c(cc(=O)n1-c1cc(C(F)(F)F)c(F)cc1Br)C(=O)NC2=O. The van der Waals surface area contributed by atoms with Crippen molar-refractivity contribution in [2.45, 2.75) is 6.18 Å². The van der Waals surface area contributed by atoms with Crippen molar-refractivity contribution in [1.82, 2.24) is 9.88 Å². The maximum atomic E-state index is 13.6. The number of nitrogens with one attached hydrogen (secondary N) is 1. The maximum Gasteiger partial charge on any atom is 0.419 e. The van der Waals surface area contributed by atoms with Crippen LogP contribution in [0.2, 0.25) is 0 Å². The van der Waals surface area contributed by atoms with E-state index < -0.39 is 46.4 Å². The van der Waals surface area contributed by atoms with Crippen LogP contribution in [-0.2, 0) is 6.18 Å². The van der Waals surface area contributed by atoms with E-state index in [0.717, 1.165) is 6.07 Å². The number of halogens is 5. The third-order valence-electron chi connectivity index (χ3n) is 3.54. The smallest absolute Gasteiger partial charge is 0.384 e. The van der Waals surface area contributed by atoms with Crippen LogP contribution in [0.5, 0.6) is 0 Å². The van der Waals surface area contributed by atoms with Gasteiger partial charge >= 0.3 is 6.18 Å². The number of amides is 2. The highest BCUT2D eigenvalue weighted by molar-refractivity contribution is 9.10. The molecule has 2 heterocycles. The first-order chi connectivity index (χ1) is 11.5. The molecule has 1 aliphatic heterocycles. The molecular weight excluding hydrogens is 414 g/mol. The predicted octanol–water partition coefficient (Wildman–Crippen LogP) is 2.22. The van der Waals surface area contributed by atoms with E-state index in [0.29, 0.717) is 16.7 Å². The van der Waals surface area contributed by atoms with Crippen molar-refractivity contribution in [3.05, 3.63) is 55.5 Å². The van der Waals surface area contributed by atoms with Gasteiger partial charge in [0.1, 0.15) is 11.6 Å². The second kappa shape index (κ2) is 5.41. The lowest BCUT2D eigenvalue weighted by molar-refractivity contribution is -0.140. The van der Waals surface area contributed by atoms with Gasteiger partial charge in [-0.05, 0) is 28.1 Å². The van der Waals surface area contributed by atoms with Crippen molar-refractivity contribution in [2.75, 3.05) is 5.73 Å². The van der Waals surface area contributed by atoms with Crippen LogP contribution in [-0.4, -0.2) is 16.4 Å². The Morgan fingerprint density at radius 3 is 2.32 bits per heavy atom. The predicted molar refractivity (Wildman–Crippen MR) is 80.9 cm³/mol. The first kappa shape index (κ1) is 17.1. The number of fused-ring (bicyclic) bond motifs is 1. The van der Waals surface area contributed by atoms with E-state index in [4.69, 9.17) is 5.73 Å². The molecule has 11 heteroatoms. The van der Waals surface area contributed by atoms with E-state index in [1.54, 1.807) is 0 Å². The molecule has 3 N–H and O–H groups in total. The van der Waals surface area contributed by atoms with Gasteiger partial charge in [0.2, 0.25) is 0 Å². The number of pyridine rings is 1. The number of nitrogens with zero attached hydrogens (tertiary/aromatic N) is 1. The number of imide groups is 1. The van der Waals surface area contributed by atoms with Crippen LogP contribution in [0.1, 0.15) is 26.3 Å². The monoisotopic (exact) mass is 419 g/mol. The standard InChI is InChI=1S/C14H6BrF4N3O3/c15-6-3-7(16)5(14(17,18)19)2-8(6)22-9(23)1-4-10(11(22)20)13(25)21-12(4)24/h1-3H,20H2,(H,21,24,25). The van der Waals surface area contributed by atoms with Gasteiger partial charge in [-0.15, -0.1) is 0 Å². The molecule has 0 atom stereocenters. The number of rotatable bonds is 1. The zero-order valence-electron chi connectivity index (χ0n) is 11.9. The summed E-state index contributed by atoms with van der Waals surface area (Å²) in [5, 5.41) is 1.93. The zero-order chi connectivity index (χ0) is 18.7. The van der Waals surface area contributed by atoms with Crippen molar-refractivity contribution in [3.8, 4) is 5.69 Å². The Labute approximate surface area is 144 Å². The van der Waals surface area contributed by atoms with Crippen LogP contribution >= 0.6 is 15.9 Å². The third-order valence-corrected chi connectivity index (χ3v) is 4.17. The molecule has 0 saturated carbocycles. The lowest BCUT2D eigenvalue weighted by Gasteiger charge is -2.16. The first-order valence-electron chi connectivity index (χ1n) is 6.50. The number of aromatic nitrogens is 1. The number of alkyl halides is 3. The van der Waals surface area contributed by atoms with Crippen molar-refractivity contribution in [2.24, 2.45) is 0 Å². The van der Waals surface area contributed by atoms with E-state index in [-0.39, 0.29) is 15.6 Å². The Morgan fingerprint density at radius 1 is 1.08 bits per heavy atom. The Morgan fingerprint density at radius 2 is 1.72 bits per heavy atom. The Kier molecular flexibility index (Phi) is 3.71. The second-order valence-corrected chi connectivity index (χ2v) is 5.91. The number of hydrogen-bond donors (Lipinski definition) is 2. The van der Waals surface area contributed by atoms with Crippen molar-refractivity contribution in [1.29, 1.82) is 0 Å². The van der Waals surface area contributed by atoms with Crippen LogP contribution in [0.4, 0.5) is 23.4 Å². The first-order valence-corrected chi connectivity index (χ1v) is 7.29. The number of nitrogen functional groups attached to an aromatic ring is 1. The summed E-state index contributed by atoms with van der Waals surface area (Å²) in [7, 11) is 0. The third kappa shape index (κ3) is 2.60. The molecule has 1 aromatic heterocycles. The summed E-state index contributed by atoms with van der Waals surface area (Å²) in [5.74, 6) is -3.82. The number of carbonyl (C=O) groups is 2. The van der Waals surface area contributed by atoms with Gasteiger partial charge in [0.05, 0.1) is 22.4 Å². The van der Waals surface area contributed by atoms with E-state index in [1.165, 1.54) is 0 Å². The van der Waals surface area contributed by atoms with E-state index in [9.17, 15) is 31.9 Å². The lowest BCUT2D eigenvalue weighted by atomic mass is 10.1. The molecule has 0 saturated heterocycles. The minimum Gasteiger partial charge on any atom is -0.384 e. The summed E-state index contributed by atoms with van der Waals surface area (Å²) in [6, 6.07) is 1.69. The van der Waals surface area contributed by atoms with Gasteiger partial charge in [-0.1, -0.05) is 0 Å². The summed E-state index contributed by atoms with van der Waals surface area (Å²) in [6.07, 6.45) is -5.01. The van der Waals surface area contributed by atoms with Crippen molar-refractivity contribution >= 4 is 33.6 Å². The Hall–Kier alpha value is -2.69. The van der Waals surface area contributed by atoms with Gasteiger partial charge in [-0.2, -0.15) is 13.2 Å². The summed E-state index contributed by atoms with van der Waals surface area (Å²) in [6.45, 7) is 0. The molecule has 6 nitrogen and oxygen atoms in total. The molecule has 0 bridgehead atoms. The molecule has 0 unspecified atom stereocenters. The maximum absolute atomic E-state index is 13.6. The minimum absolute atomic E-state index is 0.198. The van der Waals surface area contributed by atoms with E-state index >= 15 is 0 Å². The van der Waals surface area contributed by atoms with Crippen molar-refractivity contribution in [3.63, 3.8) is 0 Å². The molecule has 0 fully saturated rings. The fourth-order valence-corrected chi connectivity index (χ4v) is 2.95. The van der Waals surface area contributed by atoms with Gasteiger partial charge in [-0.3, -0.25) is 24.3 Å². The zero-order valence-corrected chi connectivity index (χ0v) is 13.5. The van der Waals surface area contributed by atoms with Gasteiger partial charge in [-0.25, -0.2) is 4.39 Å². The highest BCUT2D eigenvalue weighted by atomic mass is 79.9. The average molecular weight is 420 g/mol. The number of hydrogen-bond acceptors (Lipinski definition) is 4. The van der Waals surface area contributed by atoms with Crippen LogP contribution < -0.4 is 16.6 Å². The fraction of sp³-hybridized carbons (Fsp3) is 0.0714. The largest absolute Gasteiger partial charge is 0.419 e. The van der Waals surface area contributed by atoms with E-state index in [2.05, 4.69) is 15.9 Å². The second-order valence-electron chi connectivity index (χ2n) is 5.06. The van der Waals surface area contributed by atoms with Crippen LogP contribution in [0.3, 0.4) is 0 Å². The Balaban J connectivity index is 2.36. The molecule has 130 valence electrons. The minimum atomic E-state index is -5.01. The van der Waals surface area contributed by atoms with Crippen molar-refractivity contribution < 1.29 is 27.2 Å². The fourth-order valence-electron chi connectivity index (χ4n) is 2.45. The number of anilines is 1. The Bertz CT molecular complexity index is 1010. The van der Waals surface area contributed by atoms with Crippen LogP contribution in [0, 0.1) is 5.82 Å². The van der Waals surface area contributed by atoms with Crippen LogP contribution in [0.15, 0.2) is 27.5 Å². The normalized spacial score (nSPS) is 13.8. The average Bonchev–Trinajstić information content (AvgIpc) is 2.74.